The molecule has 0 atom stereocenters. The highest BCUT2D eigenvalue weighted by molar-refractivity contribution is 7.12. The van der Waals surface area contributed by atoms with Gasteiger partial charge in [-0.2, -0.15) is 0 Å². The number of carbonyl (C=O) groups is 1. The molecule has 1 fully saturated rings. The highest BCUT2D eigenvalue weighted by atomic mass is 32.1. The van der Waals surface area contributed by atoms with Gasteiger partial charge in [-0.3, -0.25) is 9.36 Å². The zero-order chi connectivity index (χ0) is 17.6. The van der Waals surface area contributed by atoms with E-state index in [1.54, 1.807) is 11.6 Å². The molecule has 0 bridgehead atoms. The average molecular weight is 360 g/mol. The number of carboxylic acids is 1. The predicted octanol–water partition coefficient (Wildman–Crippen LogP) is 2.28. The first-order valence-corrected chi connectivity index (χ1v) is 8.58. The van der Waals surface area contributed by atoms with Gasteiger partial charge in [-0.25, -0.2) is 19.2 Å². The van der Waals surface area contributed by atoms with Crippen molar-refractivity contribution >= 4 is 34.2 Å². The summed E-state index contributed by atoms with van der Waals surface area (Å²) in [5, 5.41) is 11.4. The SMILES string of the molecule is O=C(O)c1cn(-c2nccs2)c2nc(N3CCCC3)c(F)cc2c1=O. The van der Waals surface area contributed by atoms with Gasteiger partial charge in [0.1, 0.15) is 5.56 Å². The number of aromatic nitrogens is 3. The number of anilines is 1. The van der Waals surface area contributed by atoms with Gasteiger partial charge in [-0.15, -0.1) is 11.3 Å². The van der Waals surface area contributed by atoms with Crippen molar-refractivity contribution in [1.29, 1.82) is 0 Å². The highest BCUT2D eigenvalue weighted by Crippen LogP contribution is 2.26. The van der Waals surface area contributed by atoms with E-state index < -0.39 is 22.8 Å². The molecule has 0 aliphatic carbocycles. The van der Waals surface area contributed by atoms with Crippen molar-refractivity contribution in [3.63, 3.8) is 0 Å². The van der Waals surface area contributed by atoms with Crippen LogP contribution >= 0.6 is 11.3 Å². The first-order valence-electron chi connectivity index (χ1n) is 7.70. The molecular weight excluding hydrogens is 347 g/mol. The summed E-state index contributed by atoms with van der Waals surface area (Å²) >= 11 is 1.27. The topological polar surface area (TPSA) is 88.3 Å². The number of hydrogen-bond acceptors (Lipinski definition) is 6. The normalized spacial score (nSPS) is 14.4. The third kappa shape index (κ3) is 2.56. The Balaban J connectivity index is 2.06. The van der Waals surface area contributed by atoms with Crippen molar-refractivity contribution < 1.29 is 14.3 Å². The second-order valence-electron chi connectivity index (χ2n) is 5.72. The van der Waals surface area contributed by atoms with Crippen LogP contribution in [0.25, 0.3) is 16.2 Å². The number of nitrogens with zero attached hydrogens (tertiary/aromatic N) is 4. The van der Waals surface area contributed by atoms with E-state index in [1.807, 2.05) is 4.90 Å². The van der Waals surface area contributed by atoms with Gasteiger partial charge >= 0.3 is 5.97 Å². The molecule has 0 radical (unpaired) electrons. The van der Waals surface area contributed by atoms with Crippen LogP contribution in [-0.2, 0) is 0 Å². The third-order valence-electron chi connectivity index (χ3n) is 4.17. The Morgan fingerprint density at radius 1 is 1.32 bits per heavy atom. The molecule has 3 aromatic rings. The average Bonchev–Trinajstić information content (AvgIpc) is 3.28. The molecule has 1 saturated heterocycles. The van der Waals surface area contributed by atoms with Crippen LogP contribution in [0.15, 0.2) is 28.6 Å². The van der Waals surface area contributed by atoms with Gasteiger partial charge < -0.3 is 10.0 Å². The van der Waals surface area contributed by atoms with Gasteiger partial charge in [0.2, 0.25) is 5.43 Å². The smallest absolute Gasteiger partial charge is 0.341 e. The van der Waals surface area contributed by atoms with Gasteiger partial charge in [-0.1, -0.05) is 0 Å². The summed E-state index contributed by atoms with van der Waals surface area (Å²) in [4.78, 5) is 34.2. The Morgan fingerprint density at radius 2 is 2.08 bits per heavy atom. The van der Waals surface area contributed by atoms with Gasteiger partial charge in [-0.05, 0) is 18.9 Å². The van der Waals surface area contributed by atoms with Crippen molar-refractivity contribution in [1.82, 2.24) is 14.5 Å². The van der Waals surface area contributed by atoms with E-state index in [9.17, 15) is 19.1 Å². The highest BCUT2D eigenvalue weighted by Gasteiger charge is 2.23. The maximum absolute atomic E-state index is 14.5. The zero-order valence-corrected chi connectivity index (χ0v) is 13.8. The van der Waals surface area contributed by atoms with E-state index in [1.165, 1.54) is 22.1 Å². The summed E-state index contributed by atoms with van der Waals surface area (Å²) in [6, 6.07) is 1.08. The lowest BCUT2D eigenvalue weighted by atomic mass is 10.2. The maximum Gasteiger partial charge on any atom is 0.341 e. The molecule has 9 heteroatoms. The number of pyridine rings is 2. The quantitative estimate of drug-likeness (QED) is 0.771. The first-order chi connectivity index (χ1) is 12.1. The van der Waals surface area contributed by atoms with E-state index in [4.69, 9.17) is 0 Å². The Labute approximate surface area is 145 Å². The van der Waals surface area contributed by atoms with Crippen molar-refractivity contribution in [2.75, 3.05) is 18.0 Å². The minimum atomic E-state index is -1.37. The van der Waals surface area contributed by atoms with Crippen molar-refractivity contribution in [2.45, 2.75) is 12.8 Å². The molecule has 7 nitrogen and oxygen atoms in total. The number of aromatic carboxylic acids is 1. The van der Waals surface area contributed by atoms with Crippen molar-refractivity contribution in [2.24, 2.45) is 0 Å². The lowest BCUT2D eigenvalue weighted by Crippen LogP contribution is -2.23. The molecule has 0 amide bonds. The summed E-state index contributed by atoms with van der Waals surface area (Å²) in [6.45, 7) is 1.40. The minimum absolute atomic E-state index is 0.0736. The lowest BCUT2D eigenvalue weighted by molar-refractivity contribution is 0.0695. The Morgan fingerprint density at radius 3 is 2.72 bits per heavy atom. The Hall–Kier alpha value is -2.81. The fourth-order valence-electron chi connectivity index (χ4n) is 3.00. The molecule has 3 aromatic heterocycles. The van der Waals surface area contributed by atoms with Crippen LogP contribution < -0.4 is 10.3 Å². The van der Waals surface area contributed by atoms with Crippen LogP contribution in [0.5, 0.6) is 0 Å². The number of hydrogen-bond donors (Lipinski definition) is 1. The van der Waals surface area contributed by atoms with Crippen molar-refractivity contribution in [3.05, 3.63) is 45.4 Å². The summed E-state index contributed by atoms with van der Waals surface area (Å²) in [6.07, 6.45) is 4.67. The predicted molar refractivity (Wildman–Crippen MR) is 91.4 cm³/mol. The van der Waals surface area contributed by atoms with Gasteiger partial charge in [0.25, 0.3) is 0 Å². The fraction of sp³-hybridized carbons (Fsp3) is 0.250. The number of carboxylic acid groups (broad SMARTS) is 1. The summed E-state index contributed by atoms with van der Waals surface area (Å²) in [5.41, 5.74) is -0.999. The molecule has 4 rings (SSSR count). The molecule has 0 spiro atoms. The van der Waals surface area contributed by atoms with Gasteiger partial charge in [0, 0.05) is 30.9 Å². The molecule has 1 aliphatic rings. The number of rotatable bonds is 3. The fourth-order valence-corrected chi connectivity index (χ4v) is 3.62. The summed E-state index contributed by atoms with van der Waals surface area (Å²) in [5.74, 6) is -1.82. The van der Waals surface area contributed by atoms with Crippen LogP contribution in [0.4, 0.5) is 10.2 Å². The van der Waals surface area contributed by atoms with Crippen LogP contribution in [0.1, 0.15) is 23.2 Å². The van der Waals surface area contributed by atoms with Crippen molar-refractivity contribution in [3.8, 4) is 5.13 Å². The Bertz CT molecular complexity index is 1030. The largest absolute Gasteiger partial charge is 0.477 e. The second kappa shape index (κ2) is 5.92. The van der Waals surface area contributed by atoms with E-state index in [0.29, 0.717) is 18.2 Å². The number of thiazole rings is 1. The van der Waals surface area contributed by atoms with E-state index in [2.05, 4.69) is 9.97 Å². The molecule has 4 heterocycles. The van der Waals surface area contributed by atoms with Gasteiger partial charge in [0.05, 0.1) is 5.39 Å². The molecule has 1 N–H and O–H groups in total. The Kier molecular flexibility index (Phi) is 3.72. The molecular formula is C16H13FN4O3S. The van der Waals surface area contributed by atoms with Gasteiger partial charge in [0.15, 0.2) is 22.4 Å². The second-order valence-corrected chi connectivity index (χ2v) is 6.59. The zero-order valence-electron chi connectivity index (χ0n) is 13.0. The number of fused-ring (bicyclic) bond motifs is 1. The summed E-state index contributed by atoms with van der Waals surface area (Å²) in [7, 11) is 0. The molecule has 0 saturated carbocycles. The molecule has 0 unspecified atom stereocenters. The standard InChI is InChI=1S/C16H13FN4O3S/c17-11-7-9-12(22)10(15(23)24)8-21(16-18-3-6-25-16)13(9)19-14(11)20-4-1-2-5-20/h3,6-8H,1-2,4-5H2,(H,23,24). The van der Waals surface area contributed by atoms with Crippen LogP contribution in [0.2, 0.25) is 0 Å². The molecule has 0 aromatic carbocycles. The third-order valence-corrected chi connectivity index (χ3v) is 4.95. The van der Waals surface area contributed by atoms with Crippen LogP contribution in [-0.4, -0.2) is 38.7 Å². The van der Waals surface area contributed by atoms with Crippen LogP contribution in [0.3, 0.4) is 0 Å². The van der Waals surface area contributed by atoms with E-state index in [0.717, 1.165) is 18.9 Å². The first kappa shape index (κ1) is 15.7. The monoisotopic (exact) mass is 360 g/mol. The maximum atomic E-state index is 14.5. The molecule has 1 aliphatic heterocycles. The van der Waals surface area contributed by atoms with E-state index >= 15 is 0 Å². The lowest BCUT2D eigenvalue weighted by Gasteiger charge is -2.18. The minimum Gasteiger partial charge on any atom is -0.477 e. The summed E-state index contributed by atoms with van der Waals surface area (Å²) < 4.78 is 16.0. The van der Waals surface area contributed by atoms with Crippen LogP contribution in [0, 0.1) is 5.82 Å². The van der Waals surface area contributed by atoms with E-state index in [-0.39, 0.29) is 16.9 Å². The molecule has 128 valence electrons. The molecule has 25 heavy (non-hydrogen) atoms. The number of halogens is 1.